The Balaban J connectivity index is 5.28. The third kappa shape index (κ3) is 27.3. The summed E-state index contributed by atoms with van der Waals surface area (Å²) in [4.78, 5) is 125. The number of ether oxygens (including phenoxy) is 4. The number of carboxylic acids is 4. The molecule has 0 heterocycles. The van der Waals surface area contributed by atoms with Gasteiger partial charge in [-0.15, -0.1) is 0 Å². The van der Waals surface area contributed by atoms with Gasteiger partial charge >= 0.3 is 23.9 Å². The maximum atomic E-state index is 13.4. The summed E-state index contributed by atoms with van der Waals surface area (Å²) in [6, 6.07) is -8.04. The van der Waals surface area contributed by atoms with Crippen LogP contribution < -0.4 is 31.9 Å². The Hall–Kier alpha value is -6.15. The highest BCUT2D eigenvalue weighted by molar-refractivity contribution is 5.98. The smallest absolute Gasteiger partial charge is 0.305 e. The van der Waals surface area contributed by atoms with Gasteiger partial charge in [-0.25, -0.2) is 0 Å². The zero-order chi connectivity index (χ0) is 46.3. The van der Waals surface area contributed by atoms with Crippen molar-refractivity contribution in [3.63, 3.8) is 0 Å². The molecule has 344 valence electrons. The molecule has 0 saturated carbocycles. The molecule has 6 amide bonds. The average Bonchev–Trinajstić information content (AvgIpc) is 3.17. The topological polar surface area (TPSA) is 409 Å². The van der Waals surface area contributed by atoms with E-state index >= 15 is 0 Å². The van der Waals surface area contributed by atoms with Crippen LogP contribution >= 0.6 is 0 Å². The maximum absolute atomic E-state index is 13.4. The van der Waals surface area contributed by atoms with Crippen molar-refractivity contribution >= 4 is 59.3 Å². The minimum absolute atomic E-state index is 0.0231. The second kappa shape index (κ2) is 31.7. The minimum Gasteiger partial charge on any atom is -0.481 e. The number of amides is 6. The fraction of sp³-hybridized carbons (Fsp3) is 0.706. The van der Waals surface area contributed by atoms with Gasteiger partial charge in [0.15, 0.2) is 0 Å². The van der Waals surface area contributed by atoms with Crippen LogP contribution in [0.1, 0.15) is 52.9 Å². The molecule has 0 rings (SSSR count). The van der Waals surface area contributed by atoms with E-state index in [1.807, 2.05) is 5.32 Å². The van der Waals surface area contributed by atoms with Crippen LogP contribution in [0, 0.1) is 5.92 Å². The summed E-state index contributed by atoms with van der Waals surface area (Å²) in [5.74, 6) is -12.4. The maximum Gasteiger partial charge on any atom is 0.305 e. The van der Waals surface area contributed by atoms with E-state index in [2.05, 4.69) is 36.6 Å². The summed E-state index contributed by atoms with van der Waals surface area (Å²) in [6.45, 7) is 5.04. The van der Waals surface area contributed by atoms with Crippen LogP contribution in [0.5, 0.6) is 0 Å². The molecular formula is C34H55N9O18. The van der Waals surface area contributed by atoms with E-state index in [4.69, 9.17) is 29.6 Å². The van der Waals surface area contributed by atoms with Crippen LogP contribution in [-0.2, 0) is 66.9 Å². The fourth-order valence-corrected chi connectivity index (χ4v) is 4.66. The second-order valence-electron chi connectivity index (χ2n) is 13.1. The molecule has 0 bridgehead atoms. The average molecular weight is 878 g/mol. The van der Waals surface area contributed by atoms with Crippen LogP contribution in [0.25, 0.3) is 10.4 Å². The standard InChI is InChI=1S/C34H55N9O18/c1-19(2)29(42-31(54)21(4-5-25(45)46)40-33(56)22(16-27(49)50)39-24(44)18-37-43-35)34(57)41-23(17-28(51)52)32(55)38-20(3)30(53)36-7-9-59-11-13-61-15-14-60-12-10-58-8-6-26(47)48/h19-23,29H,4-18H2,1-3H3,(H,36,53)(H,38,55)(H,39,44)(H,40,56)(H,41,57)(H,42,54)(H,45,46)(H,47,48)(H,49,50)(H,51,52)/t20-,21+,22+,23+,29+/m1/s1. The Kier molecular flexibility index (Phi) is 28.5. The third-order valence-electron chi connectivity index (χ3n) is 7.72. The number of rotatable bonds is 35. The Labute approximate surface area is 348 Å². The number of aliphatic carboxylic acids is 4. The molecule has 27 heteroatoms. The van der Waals surface area contributed by atoms with E-state index in [1.165, 1.54) is 20.8 Å². The van der Waals surface area contributed by atoms with Crippen molar-refractivity contribution in [3.05, 3.63) is 10.4 Å². The minimum atomic E-state index is -1.81. The van der Waals surface area contributed by atoms with Gasteiger partial charge in [-0.05, 0) is 24.8 Å². The van der Waals surface area contributed by atoms with Crippen molar-refractivity contribution in [2.45, 2.75) is 83.1 Å². The Bertz CT molecular complexity index is 1540. The van der Waals surface area contributed by atoms with Gasteiger partial charge in [-0.1, -0.05) is 19.0 Å². The van der Waals surface area contributed by atoms with Gasteiger partial charge in [0, 0.05) is 17.9 Å². The van der Waals surface area contributed by atoms with E-state index in [0.717, 1.165) is 0 Å². The van der Waals surface area contributed by atoms with Gasteiger partial charge in [0.2, 0.25) is 35.4 Å². The van der Waals surface area contributed by atoms with Crippen molar-refractivity contribution in [2.75, 3.05) is 65.9 Å². The van der Waals surface area contributed by atoms with Gasteiger partial charge in [-0.2, -0.15) is 0 Å². The molecule has 0 aliphatic heterocycles. The monoisotopic (exact) mass is 877 g/mol. The van der Waals surface area contributed by atoms with Gasteiger partial charge in [-0.3, -0.25) is 47.9 Å². The molecule has 0 aromatic heterocycles. The Morgan fingerprint density at radius 2 is 1.00 bits per heavy atom. The van der Waals surface area contributed by atoms with E-state index < -0.39 is 128 Å². The molecule has 0 aromatic rings. The lowest BCUT2D eigenvalue weighted by Crippen LogP contribution is -2.60. The molecule has 0 radical (unpaired) electrons. The highest BCUT2D eigenvalue weighted by atomic mass is 16.6. The molecule has 0 aromatic carbocycles. The van der Waals surface area contributed by atoms with Crippen molar-refractivity contribution in [1.82, 2.24) is 31.9 Å². The van der Waals surface area contributed by atoms with Crippen molar-refractivity contribution in [1.29, 1.82) is 0 Å². The first-order valence-corrected chi connectivity index (χ1v) is 18.8. The zero-order valence-electron chi connectivity index (χ0n) is 33.9. The Morgan fingerprint density at radius 1 is 0.541 bits per heavy atom. The first-order valence-electron chi connectivity index (χ1n) is 18.8. The Morgan fingerprint density at radius 3 is 1.49 bits per heavy atom. The summed E-state index contributed by atoms with van der Waals surface area (Å²) in [6.07, 6.45) is -3.32. The number of nitrogens with one attached hydrogen (secondary N) is 6. The van der Waals surface area contributed by atoms with Crippen molar-refractivity contribution < 1.29 is 87.3 Å². The molecule has 5 atom stereocenters. The second-order valence-corrected chi connectivity index (χ2v) is 13.1. The van der Waals surface area contributed by atoms with Crippen LogP contribution in [-0.4, -0.2) is 176 Å². The summed E-state index contributed by atoms with van der Waals surface area (Å²) < 4.78 is 21.1. The van der Waals surface area contributed by atoms with Crippen molar-refractivity contribution in [2.24, 2.45) is 11.0 Å². The zero-order valence-corrected chi connectivity index (χ0v) is 33.9. The van der Waals surface area contributed by atoms with Crippen molar-refractivity contribution in [3.8, 4) is 0 Å². The number of hydrogen-bond acceptors (Lipinski definition) is 15. The quantitative estimate of drug-likeness (QED) is 0.0130. The van der Waals surface area contributed by atoms with Crippen LogP contribution in [0.3, 0.4) is 0 Å². The molecule has 0 aliphatic rings. The van der Waals surface area contributed by atoms with Crippen LogP contribution in [0.15, 0.2) is 5.11 Å². The number of hydrogen-bond donors (Lipinski definition) is 10. The molecular weight excluding hydrogens is 822 g/mol. The number of carbonyl (C=O) groups excluding carboxylic acids is 6. The third-order valence-corrected chi connectivity index (χ3v) is 7.72. The normalized spacial score (nSPS) is 13.2. The number of nitrogens with zero attached hydrogens (tertiary/aromatic N) is 3. The van der Waals surface area contributed by atoms with Crippen LogP contribution in [0.4, 0.5) is 0 Å². The van der Waals surface area contributed by atoms with E-state index in [9.17, 15) is 63.3 Å². The van der Waals surface area contributed by atoms with E-state index in [1.54, 1.807) is 0 Å². The summed E-state index contributed by atoms with van der Waals surface area (Å²) in [5, 5.41) is 52.9. The SMILES string of the molecule is CC(C)[C@H](NC(=O)[C@H](CCC(=O)O)NC(=O)[C@H](CC(=O)O)NC(=O)CN=[N+]=[N-])C(=O)N[C@@H](CC(=O)O)C(=O)N[C@H](C)C(=O)NCCOCCOCCOCCOCCC(=O)O. The molecule has 0 unspecified atom stereocenters. The first kappa shape index (κ1) is 54.8. The summed E-state index contributed by atoms with van der Waals surface area (Å²) in [5.41, 5.74) is 8.41. The van der Waals surface area contributed by atoms with E-state index in [-0.39, 0.29) is 65.8 Å². The summed E-state index contributed by atoms with van der Waals surface area (Å²) in [7, 11) is 0. The highest BCUT2D eigenvalue weighted by Crippen LogP contribution is 2.08. The first-order chi connectivity index (χ1) is 28.8. The van der Waals surface area contributed by atoms with Crippen LogP contribution in [0.2, 0.25) is 0 Å². The molecule has 10 N–H and O–H groups in total. The molecule has 61 heavy (non-hydrogen) atoms. The number of carboxylic acid groups (broad SMARTS) is 4. The number of carbonyl (C=O) groups is 10. The predicted molar refractivity (Wildman–Crippen MR) is 204 cm³/mol. The van der Waals surface area contributed by atoms with E-state index in [0.29, 0.717) is 0 Å². The van der Waals surface area contributed by atoms with Gasteiger partial charge in [0.25, 0.3) is 0 Å². The molecule has 0 aliphatic carbocycles. The largest absolute Gasteiger partial charge is 0.481 e. The number of azide groups is 1. The lowest BCUT2D eigenvalue weighted by molar-refractivity contribution is -0.142. The highest BCUT2D eigenvalue weighted by Gasteiger charge is 2.34. The lowest BCUT2D eigenvalue weighted by atomic mass is 10.0. The lowest BCUT2D eigenvalue weighted by Gasteiger charge is -2.28. The molecule has 0 spiro atoms. The fourth-order valence-electron chi connectivity index (χ4n) is 4.66. The molecule has 0 fully saturated rings. The van der Waals surface area contributed by atoms with Gasteiger partial charge in [0.1, 0.15) is 36.8 Å². The predicted octanol–water partition coefficient (Wildman–Crippen LogP) is -3.13. The van der Waals surface area contributed by atoms with Gasteiger partial charge < -0.3 is 71.3 Å². The summed E-state index contributed by atoms with van der Waals surface area (Å²) >= 11 is 0. The van der Waals surface area contributed by atoms with Gasteiger partial charge in [0.05, 0.1) is 72.1 Å². The molecule has 27 nitrogen and oxygen atoms in total. The molecule has 0 saturated heterocycles.